The van der Waals surface area contributed by atoms with Crippen LogP contribution in [0.15, 0.2) is 48.1 Å². The van der Waals surface area contributed by atoms with Gasteiger partial charge in [0.25, 0.3) is 0 Å². The molecule has 6 heteroatoms. The van der Waals surface area contributed by atoms with E-state index in [4.69, 9.17) is 4.74 Å². The molecule has 1 N–H and O–H groups in total. The second-order valence-electron chi connectivity index (χ2n) is 6.51. The molecule has 1 aromatic rings. The number of ketones is 2. The number of carbonyl (C=O) groups excluding carboxylic acids is 2. The average Bonchev–Trinajstić information content (AvgIpc) is 2.61. The minimum atomic E-state index is -1.08. The Balaban J connectivity index is 2.27. The molecule has 3 atom stereocenters. The van der Waals surface area contributed by atoms with Gasteiger partial charge in [0, 0.05) is 11.8 Å². The molecule has 2 aliphatic rings. The first kappa shape index (κ1) is 19.4. The van der Waals surface area contributed by atoms with Crippen molar-refractivity contribution in [2.75, 3.05) is 7.11 Å². The number of ether oxygens (including phenoxy) is 1. The van der Waals surface area contributed by atoms with Crippen molar-refractivity contribution in [3.63, 3.8) is 0 Å². The van der Waals surface area contributed by atoms with E-state index in [1.54, 1.807) is 19.1 Å². The number of Topliss-reactive ketones (excluding diaryl/α,β-unsaturated/α-hetero) is 1. The number of rotatable bonds is 3. The van der Waals surface area contributed by atoms with Gasteiger partial charge < -0.3 is 9.84 Å². The number of hydrogen-bond acceptors (Lipinski definition) is 4. The van der Waals surface area contributed by atoms with Gasteiger partial charge in [-0.05, 0) is 70.9 Å². The van der Waals surface area contributed by atoms with Gasteiger partial charge in [-0.25, -0.2) is 0 Å². The van der Waals surface area contributed by atoms with Crippen LogP contribution in [-0.4, -0.2) is 28.1 Å². The van der Waals surface area contributed by atoms with Crippen LogP contribution in [-0.2, 0) is 9.59 Å². The number of alkyl halides is 1. The lowest BCUT2D eigenvalue weighted by molar-refractivity contribution is -0.128. The second-order valence-corrected chi connectivity index (χ2v) is 8.98. The van der Waals surface area contributed by atoms with Crippen molar-refractivity contribution in [1.29, 1.82) is 0 Å². The SMILES string of the molecule is C=CC1=CC[C@H]2C(=O)C=C(C)C(=O)[C@@]2(Br)[C@H]1c1cc(I)c(O)c(OC)c1. The number of hydrogen-bond donors (Lipinski definition) is 1. The van der Waals surface area contributed by atoms with Gasteiger partial charge in [0.05, 0.1) is 10.7 Å². The zero-order chi connectivity index (χ0) is 19.2. The topological polar surface area (TPSA) is 63.6 Å². The molecule has 0 radical (unpaired) electrons. The van der Waals surface area contributed by atoms with Crippen LogP contribution < -0.4 is 4.74 Å². The maximum Gasteiger partial charge on any atom is 0.177 e. The van der Waals surface area contributed by atoms with Crippen molar-refractivity contribution in [3.8, 4) is 11.5 Å². The van der Waals surface area contributed by atoms with Gasteiger partial charge >= 0.3 is 0 Å². The number of phenolic OH excluding ortho intramolecular Hbond substituents is 1. The molecule has 0 aromatic heterocycles. The number of methoxy groups -OCH3 is 1. The third kappa shape index (κ3) is 2.78. The number of aromatic hydroxyl groups is 1. The minimum absolute atomic E-state index is 0.0521. The Morgan fingerprint density at radius 2 is 2.12 bits per heavy atom. The summed E-state index contributed by atoms with van der Waals surface area (Å²) in [6.07, 6.45) is 5.61. The van der Waals surface area contributed by atoms with Gasteiger partial charge in [-0.2, -0.15) is 0 Å². The summed E-state index contributed by atoms with van der Waals surface area (Å²) in [7, 11) is 1.48. The average molecular weight is 529 g/mol. The van der Waals surface area contributed by atoms with Gasteiger partial charge in [0.1, 0.15) is 4.32 Å². The highest BCUT2D eigenvalue weighted by molar-refractivity contribution is 14.1. The lowest BCUT2D eigenvalue weighted by Gasteiger charge is -2.45. The van der Waals surface area contributed by atoms with Gasteiger partial charge in [-0.15, -0.1) is 0 Å². The summed E-state index contributed by atoms with van der Waals surface area (Å²) in [5.74, 6) is -0.661. The highest BCUT2D eigenvalue weighted by atomic mass is 127. The number of benzene rings is 1. The first-order valence-electron chi connectivity index (χ1n) is 8.10. The summed E-state index contributed by atoms with van der Waals surface area (Å²) in [5.41, 5.74) is 2.10. The molecule has 0 saturated carbocycles. The molecule has 0 bridgehead atoms. The van der Waals surface area contributed by atoms with Gasteiger partial charge in [0.15, 0.2) is 23.1 Å². The fraction of sp³-hybridized carbons (Fsp3) is 0.300. The number of fused-ring (bicyclic) bond motifs is 1. The quantitative estimate of drug-likeness (QED) is 0.465. The predicted octanol–water partition coefficient (Wildman–Crippen LogP) is 4.45. The molecule has 3 rings (SSSR count). The van der Waals surface area contributed by atoms with E-state index < -0.39 is 16.2 Å². The second kappa shape index (κ2) is 6.96. The van der Waals surface area contributed by atoms with Gasteiger partial charge in [0.2, 0.25) is 0 Å². The Kier molecular flexibility index (Phi) is 5.18. The van der Waals surface area contributed by atoms with E-state index in [9.17, 15) is 14.7 Å². The molecular formula is C20H18BrIO4. The van der Waals surface area contributed by atoms with Crippen molar-refractivity contribution in [1.82, 2.24) is 0 Å². The van der Waals surface area contributed by atoms with Crippen molar-refractivity contribution >= 4 is 50.1 Å². The standard InChI is InChI=1S/C20H18BrIO4/c1-4-11-5-6-13-15(23)7-10(2)19(25)20(13,21)17(11)12-8-14(22)18(24)16(9-12)26-3/h4-5,7-9,13,17,24H,1,6H2,2-3H3/t13-,17+,20-/m0/s1. The van der Waals surface area contributed by atoms with E-state index in [1.165, 1.54) is 13.2 Å². The molecule has 0 heterocycles. The zero-order valence-electron chi connectivity index (χ0n) is 14.4. The van der Waals surface area contributed by atoms with Crippen LogP contribution in [0.5, 0.6) is 11.5 Å². The highest BCUT2D eigenvalue weighted by Crippen LogP contribution is 2.55. The van der Waals surface area contributed by atoms with Gasteiger partial charge in [-0.1, -0.05) is 34.7 Å². The molecular weight excluding hydrogens is 511 g/mol. The number of allylic oxidation sites excluding steroid dienone is 5. The Morgan fingerprint density at radius 3 is 2.73 bits per heavy atom. The summed E-state index contributed by atoms with van der Waals surface area (Å²) in [6, 6.07) is 3.54. The Labute approximate surface area is 174 Å². The molecule has 136 valence electrons. The van der Waals surface area contributed by atoms with E-state index >= 15 is 0 Å². The molecule has 0 saturated heterocycles. The Morgan fingerprint density at radius 1 is 1.42 bits per heavy atom. The molecule has 0 unspecified atom stereocenters. The summed E-state index contributed by atoms with van der Waals surface area (Å²) in [4.78, 5) is 25.8. The third-order valence-corrected chi connectivity index (χ3v) is 7.29. The lowest BCUT2D eigenvalue weighted by atomic mass is 9.62. The largest absolute Gasteiger partial charge is 0.504 e. The fourth-order valence-electron chi connectivity index (χ4n) is 3.83. The summed E-state index contributed by atoms with van der Waals surface area (Å²) >= 11 is 5.71. The smallest absolute Gasteiger partial charge is 0.177 e. The monoisotopic (exact) mass is 528 g/mol. The van der Waals surface area contributed by atoms with Crippen molar-refractivity contribution < 1.29 is 19.4 Å². The van der Waals surface area contributed by atoms with Crippen LogP contribution in [0.25, 0.3) is 0 Å². The van der Waals surface area contributed by atoms with Crippen LogP contribution in [0.1, 0.15) is 24.8 Å². The van der Waals surface area contributed by atoms with Crippen LogP contribution >= 0.6 is 38.5 Å². The van der Waals surface area contributed by atoms with E-state index in [0.717, 1.165) is 11.1 Å². The minimum Gasteiger partial charge on any atom is -0.504 e. The summed E-state index contributed by atoms with van der Waals surface area (Å²) in [5, 5.41) is 10.2. The first-order chi connectivity index (χ1) is 12.2. The zero-order valence-corrected chi connectivity index (χ0v) is 18.1. The first-order valence-corrected chi connectivity index (χ1v) is 9.97. The predicted molar refractivity (Wildman–Crippen MR) is 112 cm³/mol. The lowest BCUT2D eigenvalue weighted by Crippen LogP contribution is -2.53. The number of halogens is 2. The van der Waals surface area contributed by atoms with Crippen molar-refractivity contribution in [2.45, 2.75) is 23.6 Å². The normalized spacial score (nSPS) is 28.2. The molecule has 4 nitrogen and oxygen atoms in total. The molecule has 0 amide bonds. The van der Waals surface area contributed by atoms with Gasteiger partial charge in [-0.3, -0.25) is 9.59 Å². The van der Waals surface area contributed by atoms with Crippen molar-refractivity contribution in [2.24, 2.45) is 5.92 Å². The van der Waals surface area contributed by atoms with E-state index in [1.807, 2.05) is 34.7 Å². The maximum absolute atomic E-state index is 13.2. The van der Waals surface area contributed by atoms with Crippen LogP contribution in [0.3, 0.4) is 0 Å². The molecule has 2 aliphatic carbocycles. The highest BCUT2D eigenvalue weighted by Gasteiger charge is 2.56. The third-order valence-electron chi connectivity index (χ3n) is 5.10. The number of phenols is 1. The van der Waals surface area contributed by atoms with Crippen molar-refractivity contribution in [3.05, 3.63) is 57.2 Å². The van der Waals surface area contributed by atoms with Crippen LogP contribution in [0.2, 0.25) is 0 Å². The Hall–Kier alpha value is -1.41. The summed E-state index contributed by atoms with van der Waals surface area (Å²) < 4.78 is 4.82. The van der Waals surface area contributed by atoms with E-state index in [2.05, 4.69) is 22.5 Å². The molecule has 0 spiro atoms. The Bertz CT molecular complexity index is 886. The number of carbonyl (C=O) groups is 2. The fourth-order valence-corrected chi connectivity index (χ4v) is 5.71. The van der Waals surface area contributed by atoms with E-state index in [0.29, 0.717) is 21.3 Å². The van der Waals surface area contributed by atoms with Crippen LogP contribution in [0.4, 0.5) is 0 Å². The molecule has 0 fully saturated rings. The maximum atomic E-state index is 13.2. The summed E-state index contributed by atoms with van der Waals surface area (Å²) in [6.45, 7) is 5.56. The van der Waals surface area contributed by atoms with Crippen LogP contribution in [0, 0.1) is 9.49 Å². The molecule has 26 heavy (non-hydrogen) atoms. The molecule has 1 aromatic carbocycles. The molecule has 0 aliphatic heterocycles. The van der Waals surface area contributed by atoms with E-state index in [-0.39, 0.29) is 17.3 Å².